The van der Waals surface area contributed by atoms with Crippen LogP contribution in [0, 0.1) is 52.3 Å². The fourth-order valence-electron chi connectivity index (χ4n) is 9.48. The van der Waals surface area contributed by atoms with E-state index >= 15 is 0 Å². The van der Waals surface area contributed by atoms with Gasteiger partial charge in [0.25, 0.3) is 0 Å². The Kier molecular flexibility index (Phi) is 7.27. The van der Waals surface area contributed by atoms with E-state index in [9.17, 15) is 20.1 Å². The average molecular weight is 465 g/mol. The molecule has 5 nitrogen and oxygen atoms in total. The monoisotopic (exact) mass is 464 g/mol. The fraction of sp³-hybridized carbons (Fsp3) is 0.964. The lowest BCUT2D eigenvalue weighted by Crippen LogP contribution is -2.59. The van der Waals surface area contributed by atoms with Gasteiger partial charge in [-0.1, -0.05) is 27.7 Å². The quantitative estimate of drug-likeness (QED) is 0.431. The zero-order chi connectivity index (χ0) is 24.1. The molecule has 5 heteroatoms. The molecule has 0 bridgehead atoms. The third kappa shape index (κ3) is 4.40. The summed E-state index contributed by atoms with van der Waals surface area (Å²) in [7, 11) is 0. The summed E-state index contributed by atoms with van der Waals surface area (Å²) in [6, 6.07) is 0. The number of hydrogen-bond donors (Lipinski definition) is 4. The SMILES string of the molecule is CC(CCC(O)[C@@H](C)[C@H]1CC[C@H]2[C@@H]3CCC4CC(O)CC[C@]4(C)[C@H]3CC(O)[C@]12C)CC(=O)O. The van der Waals surface area contributed by atoms with Crippen molar-refractivity contribution >= 4 is 5.97 Å². The Morgan fingerprint density at radius 2 is 1.70 bits per heavy atom. The molecule has 190 valence electrons. The molecular formula is C28H48O5. The summed E-state index contributed by atoms with van der Waals surface area (Å²) in [4.78, 5) is 11.0. The summed E-state index contributed by atoms with van der Waals surface area (Å²) in [5, 5.41) is 42.0. The van der Waals surface area contributed by atoms with Gasteiger partial charge in [0, 0.05) is 6.42 Å². The van der Waals surface area contributed by atoms with Crippen LogP contribution in [0.15, 0.2) is 0 Å². The van der Waals surface area contributed by atoms with Gasteiger partial charge in [0.05, 0.1) is 18.3 Å². The van der Waals surface area contributed by atoms with Crippen LogP contribution < -0.4 is 0 Å². The van der Waals surface area contributed by atoms with Crippen molar-refractivity contribution in [1.29, 1.82) is 0 Å². The number of rotatable bonds is 7. The maximum atomic E-state index is 11.7. The van der Waals surface area contributed by atoms with E-state index in [-0.39, 0.29) is 41.3 Å². The molecule has 0 aromatic heterocycles. The smallest absolute Gasteiger partial charge is 0.303 e. The summed E-state index contributed by atoms with van der Waals surface area (Å²) in [6.45, 7) is 8.87. The number of hydrogen-bond acceptors (Lipinski definition) is 4. The first-order valence-electron chi connectivity index (χ1n) is 13.7. The van der Waals surface area contributed by atoms with E-state index in [1.165, 1.54) is 12.8 Å². The second kappa shape index (κ2) is 9.43. The lowest BCUT2D eigenvalue weighted by atomic mass is 9.43. The number of fused-ring (bicyclic) bond motifs is 5. The molecule has 0 saturated heterocycles. The van der Waals surface area contributed by atoms with Crippen LogP contribution in [0.25, 0.3) is 0 Å². The van der Waals surface area contributed by atoms with Gasteiger partial charge in [0.1, 0.15) is 0 Å². The van der Waals surface area contributed by atoms with Gasteiger partial charge in [0.2, 0.25) is 0 Å². The van der Waals surface area contributed by atoms with E-state index in [1.54, 1.807) is 0 Å². The highest BCUT2D eigenvalue weighted by Crippen LogP contribution is 2.68. The maximum absolute atomic E-state index is 11.7. The van der Waals surface area contributed by atoms with Crippen molar-refractivity contribution in [3.8, 4) is 0 Å². The summed E-state index contributed by atoms with van der Waals surface area (Å²) in [5.74, 6) is 2.02. The Morgan fingerprint density at radius 1 is 0.970 bits per heavy atom. The van der Waals surface area contributed by atoms with Crippen LogP contribution in [-0.2, 0) is 4.79 Å². The second-order valence-corrected chi connectivity index (χ2v) is 13.1. The van der Waals surface area contributed by atoms with Gasteiger partial charge < -0.3 is 20.4 Å². The highest BCUT2D eigenvalue weighted by Gasteiger charge is 2.64. The molecule has 0 radical (unpaired) electrons. The topological polar surface area (TPSA) is 98.0 Å². The Morgan fingerprint density at radius 3 is 2.39 bits per heavy atom. The Hall–Kier alpha value is -0.650. The molecule has 0 amide bonds. The van der Waals surface area contributed by atoms with Gasteiger partial charge in [-0.15, -0.1) is 0 Å². The second-order valence-electron chi connectivity index (χ2n) is 13.1. The fourth-order valence-corrected chi connectivity index (χ4v) is 9.48. The number of carbonyl (C=O) groups is 1. The van der Waals surface area contributed by atoms with E-state index in [0.29, 0.717) is 36.0 Å². The van der Waals surface area contributed by atoms with Gasteiger partial charge in [0.15, 0.2) is 0 Å². The lowest BCUT2D eigenvalue weighted by Gasteiger charge is -2.62. The van der Waals surface area contributed by atoms with Crippen LogP contribution in [0.2, 0.25) is 0 Å². The van der Waals surface area contributed by atoms with Crippen molar-refractivity contribution in [2.24, 2.45) is 52.3 Å². The zero-order valence-electron chi connectivity index (χ0n) is 21.2. The van der Waals surface area contributed by atoms with Crippen LogP contribution in [0.1, 0.15) is 98.3 Å². The van der Waals surface area contributed by atoms with E-state index in [2.05, 4.69) is 20.8 Å². The van der Waals surface area contributed by atoms with Gasteiger partial charge in [-0.05, 0) is 116 Å². The molecule has 4 saturated carbocycles. The van der Waals surface area contributed by atoms with E-state index < -0.39 is 12.1 Å². The van der Waals surface area contributed by atoms with Crippen LogP contribution in [-0.4, -0.2) is 44.7 Å². The Labute approximate surface area is 200 Å². The molecule has 4 aliphatic rings. The van der Waals surface area contributed by atoms with Crippen molar-refractivity contribution in [2.75, 3.05) is 0 Å². The molecule has 4 fully saturated rings. The first-order chi connectivity index (χ1) is 15.5. The molecular weight excluding hydrogens is 416 g/mol. The van der Waals surface area contributed by atoms with Crippen molar-refractivity contribution in [3.05, 3.63) is 0 Å². The molecule has 0 aromatic carbocycles. The molecule has 0 heterocycles. The average Bonchev–Trinajstić information content (AvgIpc) is 3.11. The van der Waals surface area contributed by atoms with Crippen molar-refractivity contribution in [2.45, 2.75) is 117 Å². The highest BCUT2D eigenvalue weighted by atomic mass is 16.4. The molecule has 5 unspecified atom stereocenters. The standard InChI is InChI=1S/C28H48O5/c1-16(13-26(32)33)5-10-24(30)17(2)21-8-9-22-20-7-6-18-14-19(29)11-12-27(18,3)23(20)15-25(31)28(21,22)4/h16-25,29-31H,5-15H2,1-4H3,(H,32,33)/t16?,17-,18?,19?,20-,21+,22-,23-,24?,25?,27-,28+/m0/s1. The molecule has 0 aromatic rings. The minimum atomic E-state index is -0.771. The number of carboxylic acids is 1. The minimum Gasteiger partial charge on any atom is -0.481 e. The van der Waals surface area contributed by atoms with Crippen molar-refractivity contribution in [1.82, 2.24) is 0 Å². The summed E-state index contributed by atoms with van der Waals surface area (Å²) in [5.41, 5.74) is 0.0968. The third-order valence-electron chi connectivity index (χ3n) is 11.5. The van der Waals surface area contributed by atoms with E-state index in [4.69, 9.17) is 5.11 Å². The Bertz CT molecular complexity index is 710. The normalized spacial score (nSPS) is 47.7. The number of aliphatic hydroxyl groups excluding tert-OH is 3. The summed E-state index contributed by atoms with van der Waals surface area (Å²) in [6.07, 6.45) is 9.04. The summed E-state index contributed by atoms with van der Waals surface area (Å²) < 4.78 is 0. The summed E-state index contributed by atoms with van der Waals surface area (Å²) >= 11 is 0. The first kappa shape index (κ1) is 25.4. The largest absolute Gasteiger partial charge is 0.481 e. The van der Waals surface area contributed by atoms with Crippen LogP contribution in [0.5, 0.6) is 0 Å². The zero-order valence-corrected chi connectivity index (χ0v) is 21.2. The van der Waals surface area contributed by atoms with Crippen LogP contribution >= 0.6 is 0 Å². The predicted octanol–water partition coefficient (Wildman–Crippen LogP) is 4.87. The first-order valence-corrected chi connectivity index (χ1v) is 13.7. The molecule has 4 N–H and O–H groups in total. The van der Waals surface area contributed by atoms with Crippen molar-refractivity contribution < 1.29 is 25.2 Å². The van der Waals surface area contributed by atoms with Gasteiger partial charge in [-0.3, -0.25) is 4.79 Å². The highest BCUT2D eigenvalue weighted by molar-refractivity contribution is 5.66. The number of aliphatic hydroxyl groups is 3. The molecule has 0 spiro atoms. The van der Waals surface area contributed by atoms with Crippen LogP contribution in [0.4, 0.5) is 0 Å². The minimum absolute atomic E-state index is 0.0715. The van der Waals surface area contributed by atoms with Crippen molar-refractivity contribution in [3.63, 3.8) is 0 Å². The number of aliphatic carboxylic acids is 1. The van der Waals surface area contributed by atoms with Gasteiger partial charge in [-0.25, -0.2) is 0 Å². The van der Waals surface area contributed by atoms with Gasteiger partial charge in [-0.2, -0.15) is 0 Å². The molecule has 33 heavy (non-hydrogen) atoms. The third-order valence-corrected chi connectivity index (χ3v) is 11.5. The molecule has 0 aliphatic heterocycles. The predicted molar refractivity (Wildman–Crippen MR) is 128 cm³/mol. The Balaban J connectivity index is 1.47. The van der Waals surface area contributed by atoms with Crippen LogP contribution in [0.3, 0.4) is 0 Å². The molecule has 4 rings (SSSR count). The maximum Gasteiger partial charge on any atom is 0.303 e. The van der Waals surface area contributed by atoms with E-state index in [1.807, 2.05) is 6.92 Å². The molecule has 4 aliphatic carbocycles. The van der Waals surface area contributed by atoms with Gasteiger partial charge >= 0.3 is 5.97 Å². The van der Waals surface area contributed by atoms with E-state index in [0.717, 1.165) is 44.9 Å². The lowest BCUT2D eigenvalue weighted by molar-refractivity contribution is -0.178. The number of carboxylic acid groups (broad SMARTS) is 1. The molecule has 12 atom stereocenters.